The lowest BCUT2D eigenvalue weighted by Crippen LogP contribution is -1.78. The van der Waals surface area contributed by atoms with Gasteiger partial charge >= 0.3 is 0 Å². The van der Waals surface area contributed by atoms with Crippen LogP contribution in [0.3, 0.4) is 0 Å². The van der Waals surface area contributed by atoms with Crippen LogP contribution in [0.5, 0.6) is 0 Å². The molecule has 1 heterocycles. The van der Waals surface area contributed by atoms with Gasteiger partial charge in [-0.25, -0.2) is 0 Å². The highest BCUT2D eigenvalue weighted by Gasteiger charge is 1.98. The Balaban J connectivity index is 2.38. The van der Waals surface area contributed by atoms with Crippen LogP contribution >= 0.6 is 11.5 Å². The van der Waals surface area contributed by atoms with E-state index in [0.717, 1.165) is 16.8 Å². The Labute approximate surface area is 80.7 Å². The molecule has 0 bridgehead atoms. The van der Waals surface area contributed by atoms with Crippen LogP contribution in [-0.4, -0.2) is 9.59 Å². The second kappa shape index (κ2) is 3.49. The van der Waals surface area contributed by atoms with Gasteiger partial charge in [-0.1, -0.05) is 41.4 Å². The lowest BCUT2D eigenvalue weighted by Gasteiger charge is -1.95. The van der Waals surface area contributed by atoms with Gasteiger partial charge in [0.2, 0.25) is 0 Å². The van der Waals surface area contributed by atoms with Crippen LogP contribution in [-0.2, 0) is 0 Å². The highest BCUT2D eigenvalue weighted by Crippen LogP contribution is 2.18. The predicted molar refractivity (Wildman–Crippen MR) is 55.4 cm³/mol. The summed E-state index contributed by atoms with van der Waals surface area (Å²) in [5.41, 5.74) is 3.15. The van der Waals surface area contributed by atoms with E-state index in [1.165, 1.54) is 11.5 Å². The number of rotatable bonds is 2. The molecule has 0 fully saturated rings. The third-order valence-corrected chi connectivity index (χ3v) is 2.31. The number of hydrogen-bond acceptors (Lipinski definition) is 3. The Morgan fingerprint density at radius 3 is 2.54 bits per heavy atom. The van der Waals surface area contributed by atoms with Crippen molar-refractivity contribution in [3.8, 4) is 11.3 Å². The van der Waals surface area contributed by atoms with Crippen molar-refractivity contribution in [1.29, 1.82) is 0 Å². The van der Waals surface area contributed by atoms with Gasteiger partial charge < -0.3 is 0 Å². The lowest BCUT2D eigenvalue weighted by atomic mass is 10.1. The first-order valence-electron chi connectivity index (χ1n) is 3.90. The highest BCUT2D eigenvalue weighted by molar-refractivity contribution is 7.03. The Hall–Kier alpha value is -1.48. The third kappa shape index (κ3) is 1.65. The molecule has 0 aliphatic heterocycles. The average molecular weight is 188 g/mol. The number of hydrogen-bond donors (Lipinski definition) is 0. The van der Waals surface area contributed by atoms with Crippen LogP contribution in [0.15, 0.2) is 36.2 Å². The molecule has 2 aromatic rings. The van der Waals surface area contributed by atoms with E-state index >= 15 is 0 Å². The van der Waals surface area contributed by atoms with E-state index in [1.807, 2.05) is 35.7 Å². The standard InChI is InChI=1S/C10H8N2S/c1-2-8-3-5-9(6-4-8)10-7-13-12-11-10/h2-7H,1H2. The lowest BCUT2D eigenvalue weighted by molar-refractivity contribution is 1.16. The van der Waals surface area contributed by atoms with Gasteiger partial charge in [0.15, 0.2) is 0 Å². The van der Waals surface area contributed by atoms with Gasteiger partial charge in [0.1, 0.15) is 5.69 Å². The van der Waals surface area contributed by atoms with Gasteiger partial charge in [-0.15, -0.1) is 5.10 Å². The maximum atomic E-state index is 3.98. The van der Waals surface area contributed by atoms with Crippen molar-refractivity contribution in [1.82, 2.24) is 9.59 Å². The van der Waals surface area contributed by atoms with Gasteiger partial charge in [-0.2, -0.15) is 0 Å². The molecule has 1 aromatic carbocycles. The van der Waals surface area contributed by atoms with Crippen molar-refractivity contribution < 1.29 is 0 Å². The molecule has 0 N–H and O–H groups in total. The fourth-order valence-corrected chi connectivity index (χ4v) is 1.55. The van der Waals surface area contributed by atoms with Crippen molar-refractivity contribution in [2.24, 2.45) is 0 Å². The first kappa shape index (κ1) is 8.13. The Kier molecular flexibility index (Phi) is 2.19. The summed E-state index contributed by atoms with van der Waals surface area (Å²) in [6, 6.07) is 8.07. The summed E-state index contributed by atoms with van der Waals surface area (Å²) >= 11 is 1.36. The van der Waals surface area contributed by atoms with E-state index < -0.39 is 0 Å². The largest absolute Gasteiger partial charge is 0.138 e. The first-order chi connectivity index (χ1) is 6.40. The molecular formula is C10H8N2S. The zero-order valence-corrected chi connectivity index (χ0v) is 7.79. The molecule has 2 rings (SSSR count). The van der Waals surface area contributed by atoms with Crippen LogP contribution in [0.2, 0.25) is 0 Å². The van der Waals surface area contributed by atoms with Gasteiger partial charge in [-0.3, -0.25) is 0 Å². The van der Waals surface area contributed by atoms with Gasteiger partial charge in [-0.05, 0) is 17.1 Å². The fourth-order valence-electron chi connectivity index (χ4n) is 1.08. The Morgan fingerprint density at radius 2 is 2.00 bits per heavy atom. The SMILES string of the molecule is C=Cc1ccc(-c2csnn2)cc1. The van der Waals surface area contributed by atoms with Gasteiger partial charge in [0, 0.05) is 10.9 Å². The van der Waals surface area contributed by atoms with Crippen molar-refractivity contribution in [2.75, 3.05) is 0 Å². The molecule has 13 heavy (non-hydrogen) atoms. The smallest absolute Gasteiger partial charge is 0.105 e. The van der Waals surface area contributed by atoms with Crippen LogP contribution in [0.25, 0.3) is 17.3 Å². The normalized spacial score (nSPS) is 9.85. The molecule has 0 saturated carbocycles. The number of benzene rings is 1. The molecule has 0 amide bonds. The quantitative estimate of drug-likeness (QED) is 0.724. The summed E-state index contributed by atoms with van der Waals surface area (Å²) in [7, 11) is 0. The summed E-state index contributed by atoms with van der Waals surface area (Å²) in [5, 5.41) is 5.92. The van der Waals surface area contributed by atoms with Crippen LogP contribution in [0.1, 0.15) is 5.56 Å². The molecule has 1 aromatic heterocycles. The van der Waals surface area contributed by atoms with E-state index in [9.17, 15) is 0 Å². The molecule has 3 heteroatoms. The first-order valence-corrected chi connectivity index (χ1v) is 4.74. The maximum absolute atomic E-state index is 3.98. The minimum absolute atomic E-state index is 0.931. The molecule has 0 aliphatic rings. The third-order valence-electron chi connectivity index (χ3n) is 1.80. The topological polar surface area (TPSA) is 25.8 Å². The van der Waals surface area contributed by atoms with Crippen LogP contribution in [0.4, 0.5) is 0 Å². The monoisotopic (exact) mass is 188 g/mol. The van der Waals surface area contributed by atoms with Crippen molar-refractivity contribution in [3.63, 3.8) is 0 Å². The van der Waals surface area contributed by atoms with E-state index in [-0.39, 0.29) is 0 Å². The Bertz CT molecular complexity index is 389. The molecule has 0 unspecified atom stereocenters. The summed E-state index contributed by atoms with van der Waals surface area (Å²) in [6.45, 7) is 3.70. The van der Waals surface area contributed by atoms with Crippen LogP contribution in [0, 0.1) is 0 Å². The van der Waals surface area contributed by atoms with Gasteiger partial charge in [0.25, 0.3) is 0 Å². The van der Waals surface area contributed by atoms with Gasteiger partial charge in [0.05, 0.1) is 0 Å². The molecule has 2 nitrogen and oxygen atoms in total. The molecule has 0 atom stereocenters. The number of nitrogens with zero attached hydrogens (tertiary/aromatic N) is 2. The minimum atomic E-state index is 0.931. The predicted octanol–water partition coefficient (Wildman–Crippen LogP) is 2.85. The number of aromatic nitrogens is 2. The fraction of sp³-hybridized carbons (Fsp3) is 0. The summed E-state index contributed by atoms with van der Waals surface area (Å²) < 4.78 is 3.81. The van der Waals surface area contributed by atoms with E-state index in [4.69, 9.17) is 0 Å². The zero-order chi connectivity index (χ0) is 9.10. The average Bonchev–Trinajstić information content (AvgIpc) is 2.71. The maximum Gasteiger partial charge on any atom is 0.105 e. The summed E-state index contributed by atoms with van der Waals surface area (Å²) in [4.78, 5) is 0. The molecule has 0 radical (unpaired) electrons. The molecule has 0 spiro atoms. The van der Waals surface area contributed by atoms with E-state index in [0.29, 0.717) is 0 Å². The molecular weight excluding hydrogens is 180 g/mol. The Morgan fingerprint density at radius 1 is 1.23 bits per heavy atom. The summed E-state index contributed by atoms with van der Waals surface area (Å²) in [5.74, 6) is 0. The molecule has 64 valence electrons. The zero-order valence-electron chi connectivity index (χ0n) is 6.97. The van der Waals surface area contributed by atoms with Crippen molar-refractivity contribution >= 4 is 17.6 Å². The van der Waals surface area contributed by atoms with E-state index in [2.05, 4.69) is 16.2 Å². The molecule has 0 aliphatic carbocycles. The van der Waals surface area contributed by atoms with Crippen molar-refractivity contribution in [3.05, 3.63) is 41.8 Å². The summed E-state index contributed by atoms with van der Waals surface area (Å²) in [6.07, 6.45) is 1.82. The highest BCUT2D eigenvalue weighted by atomic mass is 32.1. The van der Waals surface area contributed by atoms with Crippen molar-refractivity contribution in [2.45, 2.75) is 0 Å². The second-order valence-corrected chi connectivity index (χ2v) is 3.23. The van der Waals surface area contributed by atoms with Crippen LogP contribution < -0.4 is 0 Å². The minimum Gasteiger partial charge on any atom is -0.138 e. The second-order valence-electron chi connectivity index (χ2n) is 2.62. The molecule has 0 saturated heterocycles. The van der Waals surface area contributed by atoms with E-state index in [1.54, 1.807) is 0 Å².